The van der Waals surface area contributed by atoms with Crippen LogP contribution in [0.2, 0.25) is 0 Å². The Hall–Kier alpha value is -1.89. The third kappa shape index (κ3) is 5.56. The lowest BCUT2D eigenvalue weighted by Crippen LogP contribution is -2.26. The fourth-order valence-electron chi connectivity index (χ4n) is 2.42. The van der Waals surface area contributed by atoms with Crippen LogP contribution in [-0.4, -0.2) is 26.7 Å². The fourth-order valence-corrected chi connectivity index (χ4v) is 3.55. The molecule has 0 aliphatic rings. The van der Waals surface area contributed by atoms with Crippen LogP contribution in [0.4, 0.5) is 0 Å². The minimum absolute atomic E-state index is 0.158. The van der Waals surface area contributed by atoms with E-state index in [1.165, 1.54) is 6.07 Å². The van der Waals surface area contributed by atoms with Crippen molar-refractivity contribution in [3.05, 3.63) is 59.7 Å². The Bertz CT molecular complexity index is 775. The van der Waals surface area contributed by atoms with Crippen molar-refractivity contribution < 1.29 is 18.3 Å². The van der Waals surface area contributed by atoms with E-state index < -0.39 is 16.1 Å². The van der Waals surface area contributed by atoms with Crippen molar-refractivity contribution >= 4 is 10.0 Å². The number of aliphatic hydroxyl groups excluding tert-OH is 1. The predicted molar refractivity (Wildman–Crippen MR) is 98.2 cm³/mol. The minimum atomic E-state index is -3.61. The molecule has 2 N–H and O–H groups in total. The molecule has 0 aromatic heterocycles. The Labute approximate surface area is 149 Å². The Kier molecular flexibility index (Phi) is 6.99. The number of benzene rings is 2. The molecule has 0 radical (unpaired) electrons. The van der Waals surface area contributed by atoms with Crippen molar-refractivity contribution in [2.45, 2.75) is 37.7 Å². The highest BCUT2D eigenvalue weighted by Crippen LogP contribution is 2.22. The van der Waals surface area contributed by atoms with E-state index in [0.29, 0.717) is 18.8 Å². The molecule has 0 amide bonds. The van der Waals surface area contributed by atoms with Crippen molar-refractivity contribution in [2.24, 2.45) is 0 Å². The summed E-state index contributed by atoms with van der Waals surface area (Å²) in [6, 6.07) is 14.0. The average Bonchev–Trinajstić information content (AvgIpc) is 2.61. The molecule has 0 spiro atoms. The zero-order valence-corrected chi connectivity index (χ0v) is 15.4. The first-order valence-corrected chi connectivity index (χ1v) is 9.88. The van der Waals surface area contributed by atoms with Gasteiger partial charge in [-0.1, -0.05) is 37.3 Å². The van der Waals surface area contributed by atoms with Gasteiger partial charge in [-0.3, -0.25) is 0 Å². The van der Waals surface area contributed by atoms with Crippen LogP contribution in [0.15, 0.2) is 53.4 Å². The zero-order chi connectivity index (χ0) is 18.3. The fraction of sp³-hybridized carbons (Fsp3) is 0.368. The molecular formula is C19H25NO4S. The van der Waals surface area contributed by atoms with Crippen molar-refractivity contribution in [3.63, 3.8) is 0 Å². The molecule has 2 rings (SSSR count). The van der Waals surface area contributed by atoms with Gasteiger partial charge in [0.2, 0.25) is 10.0 Å². The van der Waals surface area contributed by atoms with Crippen LogP contribution >= 0.6 is 0 Å². The van der Waals surface area contributed by atoms with Crippen molar-refractivity contribution in [1.82, 2.24) is 4.72 Å². The Morgan fingerprint density at radius 2 is 1.88 bits per heavy atom. The van der Waals surface area contributed by atoms with Crippen molar-refractivity contribution in [3.8, 4) is 5.75 Å². The van der Waals surface area contributed by atoms with Crippen molar-refractivity contribution in [1.29, 1.82) is 0 Å². The second-order valence-electron chi connectivity index (χ2n) is 5.89. The Morgan fingerprint density at radius 3 is 2.52 bits per heavy atom. The molecule has 2 aromatic rings. The van der Waals surface area contributed by atoms with E-state index in [1.54, 1.807) is 12.1 Å². The summed E-state index contributed by atoms with van der Waals surface area (Å²) in [4.78, 5) is 0.197. The van der Waals surface area contributed by atoms with Gasteiger partial charge in [0.25, 0.3) is 0 Å². The van der Waals surface area contributed by atoms with Gasteiger partial charge in [-0.2, -0.15) is 0 Å². The number of aryl methyl sites for hydroxylation is 1. The monoisotopic (exact) mass is 363 g/mol. The van der Waals surface area contributed by atoms with Gasteiger partial charge in [-0.05, 0) is 49.1 Å². The van der Waals surface area contributed by atoms with Crippen molar-refractivity contribution in [2.75, 3.05) is 13.2 Å². The first kappa shape index (κ1) is 19.4. The lowest BCUT2D eigenvalue weighted by molar-refractivity contribution is 0.169. The number of hydrogen-bond donors (Lipinski definition) is 2. The highest BCUT2D eigenvalue weighted by Gasteiger charge is 2.16. The first-order chi connectivity index (χ1) is 11.9. The van der Waals surface area contributed by atoms with Crippen LogP contribution < -0.4 is 9.46 Å². The highest BCUT2D eigenvalue weighted by atomic mass is 32.2. The maximum absolute atomic E-state index is 12.4. The molecule has 0 fully saturated rings. The van der Waals surface area contributed by atoms with E-state index in [0.717, 1.165) is 17.5 Å². The van der Waals surface area contributed by atoms with E-state index in [-0.39, 0.29) is 11.4 Å². The van der Waals surface area contributed by atoms with Gasteiger partial charge in [-0.25, -0.2) is 13.1 Å². The summed E-state index contributed by atoms with van der Waals surface area (Å²) in [6.45, 7) is 4.60. The van der Waals surface area contributed by atoms with Gasteiger partial charge in [0.15, 0.2) is 0 Å². The molecule has 0 aliphatic heterocycles. The molecule has 1 unspecified atom stereocenters. The quantitative estimate of drug-likeness (QED) is 0.717. The molecule has 5 nitrogen and oxygen atoms in total. The van der Waals surface area contributed by atoms with Gasteiger partial charge < -0.3 is 9.84 Å². The smallest absolute Gasteiger partial charge is 0.240 e. The molecule has 136 valence electrons. The maximum atomic E-state index is 12.4. The number of nitrogens with one attached hydrogen (secondary N) is 1. The summed E-state index contributed by atoms with van der Waals surface area (Å²) < 4.78 is 32.9. The largest absolute Gasteiger partial charge is 0.493 e. The summed E-state index contributed by atoms with van der Waals surface area (Å²) in [6.07, 6.45) is 0.500. The SMILES string of the molecule is CCCOc1ccc(S(=O)(=O)NCCC(O)c2ccccc2)cc1C. The molecule has 0 saturated heterocycles. The second-order valence-corrected chi connectivity index (χ2v) is 7.66. The lowest BCUT2D eigenvalue weighted by atomic mass is 10.1. The summed E-state index contributed by atoms with van der Waals surface area (Å²) >= 11 is 0. The average molecular weight is 363 g/mol. The molecule has 0 bridgehead atoms. The molecule has 25 heavy (non-hydrogen) atoms. The van der Waals surface area contributed by atoms with Crippen LogP contribution in [0.1, 0.15) is 37.0 Å². The van der Waals surface area contributed by atoms with E-state index in [9.17, 15) is 13.5 Å². The molecule has 1 atom stereocenters. The molecule has 2 aromatic carbocycles. The van der Waals surface area contributed by atoms with Gasteiger partial charge in [0.1, 0.15) is 5.75 Å². The lowest BCUT2D eigenvalue weighted by Gasteiger charge is -2.13. The highest BCUT2D eigenvalue weighted by molar-refractivity contribution is 7.89. The van der Waals surface area contributed by atoms with Crippen LogP contribution in [0, 0.1) is 6.92 Å². The van der Waals surface area contributed by atoms with Gasteiger partial charge >= 0.3 is 0 Å². The normalized spacial score (nSPS) is 12.8. The number of ether oxygens (including phenoxy) is 1. The van der Waals surface area contributed by atoms with Gasteiger partial charge in [0.05, 0.1) is 17.6 Å². The van der Waals surface area contributed by atoms with Crippen LogP contribution in [-0.2, 0) is 10.0 Å². The van der Waals surface area contributed by atoms with E-state index >= 15 is 0 Å². The molecule has 6 heteroatoms. The number of sulfonamides is 1. The topological polar surface area (TPSA) is 75.6 Å². The number of aliphatic hydroxyl groups is 1. The minimum Gasteiger partial charge on any atom is -0.493 e. The van der Waals surface area contributed by atoms with Crippen LogP contribution in [0.5, 0.6) is 5.75 Å². The zero-order valence-electron chi connectivity index (χ0n) is 14.6. The van der Waals surface area contributed by atoms with Crippen LogP contribution in [0.25, 0.3) is 0 Å². The Morgan fingerprint density at radius 1 is 1.16 bits per heavy atom. The Balaban J connectivity index is 1.96. The standard InChI is InChI=1S/C19H25NO4S/c1-3-13-24-19-10-9-17(14-15(19)2)25(22,23)20-12-11-18(21)16-7-5-4-6-8-16/h4-10,14,18,20-21H,3,11-13H2,1-2H3. The summed E-state index contributed by atoms with van der Waals surface area (Å²) in [5.74, 6) is 0.695. The van der Waals surface area contributed by atoms with E-state index in [2.05, 4.69) is 4.72 Å². The van der Waals surface area contributed by atoms with Gasteiger partial charge in [0, 0.05) is 6.54 Å². The molecular weight excluding hydrogens is 338 g/mol. The van der Waals surface area contributed by atoms with E-state index in [4.69, 9.17) is 4.74 Å². The van der Waals surface area contributed by atoms with E-state index in [1.807, 2.05) is 44.2 Å². The summed E-state index contributed by atoms with van der Waals surface area (Å²) in [7, 11) is -3.61. The summed E-state index contributed by atoms with van der Waals surface area (Å²) in [5.41, 5.74) is 1.55. The second kappa shape index (κ2) is 8.99. The predicted octanol–water partition coefficient (Wildman–Crippen LogP) is 3.19. The molecule has 0 aliphatic carbocycles. The first-order valence-electron chi connectivity index (χ1n) is 8.40. The van der Waals surface area contributed by atoms with Crippen LogP contribution in [0.3, 0.4) is 0 Å². The van der Waals surface area contributed by atoms with Gasteiger partial charge in [-0.15, -0.1) is 0 Å². The summed E-state index contributed by atoms with van der Waals surface area (Å²) in [5, 5.41) is 10.1. The maximum Gasteiger partial charge on any atom is 0.240 e. The molecule has 0 saturated carbocycles. The third-order valence-corrected chi connectivity index (χ3v) is 5.27. The third-order valence-electron chi connectivity index (χ3n) is 3.81. The number of rotatable bonds is 9. The molecule has 0 heterocycles. The number of hydrogen-bond acceptors (Lipinski definition) is 4.